The summed E-state index contributed by atoms with van der Waals surface area (Å²) in [7, 11) is 9.40. The van der Waals surface area contributed by atoms with Crippen LogP contribution in [0.15, 0.2) is 167 Å². The smallest absolute Gasteiger partial charge is 0.228 e. The zero-order chi connectivity index (χ0) is 45.9. The molecule has 0 atom stereocenters. The Labute approximate surface area is 380 Å². The Morgan fingerprint density at radius 1 is 0.379 bits per heavy atom. The van der Waals surface area contributed by atoms with Crippen molar-refractivity contribution < 1.29 is 46.8 Å². The zero-order valence-electron chi connectivity index (χ0n) is 37.1. The summed E-state index contributed by atoms with van der Waals surface area (Å²) in [6, 6.07) is 49.5. The maximum Gasteiger partial charge on any atom is 0.228 e. The van der Waals surface area contributed by atoms with Gasteiger partial charge in [-0.05, 0) is 69.1 Å². The fourth-order valence-corrected chi connectivity index (χ4v) is 8.50. The first kappa shape index (κ1) is 42.8. The molecule has 0 radical (unpaired) electrons. The summed E-state index contributed by atoms with van der Waals surface area (Å²) in [5.74, 6) is 3.11. The first-order valence-electron chi connectivity index (χ1n) is 21.0. The maximum absolute atomic E-state index is 13.6. The predicted molar refractivity (Wildman–Crippen MR) is 257 cm³/mol. The summed E-state index contributed by atoms with van der Waals surface area (Å²) in [6.07, 6.45) is 0. The van der Waals surface area contributed by atoms with Crippen molar-refractivity contribution >= 4 is 55.0 Å². The minimum atomic E-state index is -0.195. The van der Waals surface area contributed by atoms with Crippen molar-refractivity contribution in [2.45, 2.75) is 0 Å². The van der Waals surface area contributed by atoms with Crippen molar-refractivity contribution in [3.05, 3.63) is 180 Å². The van der Waals surface area contributed by atoms with Gasteiger partial charge in [0.25, 0.3) is 0 Å². The molecule has 0 fully saturated rings. The molecule has 10 rings (SSSR count). The lowest BCUT2D eigenvalue weighted by atomic mass is 9.94. The van der Waals surface area contributed by atoms with Gasteiger partial charge in [-0.1, -0.05) is 121 Å². The van der Waals surface area contributed by atoms with Gasteiger partial charge in [0.05, 0.1) is 42.7 Å². The summed E-state index contributed by atoms with van der Waals surface area (Å²) >= 11 is 0. The summed E-state index contributed by atoms with van der Waals surface area (Å²) in [6.45, 7) is 0. The number of ether oxygens (including phenoxy) is 6. The SMILES string of the molecule is COc1cc(-c2c(C(=O)c3ccccc3)oc3ccc4ccccc4c23)cc(OC)c1OC.COc1cc(-c2c(C(=O)c3ccccc3)oc3ccc4ccccc4c23)cc(OC)c1OC. The van der Waals surface area contributed by atoms with Gasteiger partial charge in [-0.15, -0.1) is 0 Å². The molecular weight excluding hydrogens is 833 g/mol. The normalized spacial score (nSPS) is 11.0. The van der Waals surface area contributed by atoms with Gasteiger partial charge in [0, 0.05) is 33.0 Å². The van der Waals surface area contributed by atoms with Gasteiger partial charge in [-0.2, -0.15) is 0 Å². The Morgan fingerprint density at radius 2 is 0.712 bits per heavy atom. The second-order valence-electron chi connectivity index (χ2n) is 15.2. The van der Waals surface area contributed by atoms with E-state index in [-0.39, 0.29) is 23.1 Å². The number of ketones is 2. The molecule has 328 valence electrons. The summed E-state index contributed by atoms with van der Waals surface area (Å²) in [4.78, 5) is 27.2. The minimum absolute atomic E-state index is 0.195. The van der Waals surface area contributed by atoms with Crippen molar-refractivity contribution in [3.63, 3.8) is 0 Å². The Morgan fingerprint density at radius 3 is 1.05 bits per heavy atom. The molecule has 0 amide bonds. The van der Waals surface area contributed by atoms with Crippen LogP contribution in [-0.2, 0) is 0 Å². The van der Waals surface area contributed by atoms with Gasteiger partial charge < -0.3 is 37.3 Å². The van der Waals surface area contributed by atoms with E-state index in [0.29, 0.717) is 67.9 Å². The highest BCUT2D eigenvalue weighted by molar-refractivity contribution is 6.22. The molecule has 0 aliphatic carbocycles. The molecule has 2 aromatic heterocycles. The lowest BCUT2D eigenvalue weighted by Crippen LogP contribution is -2.02. The highest BCUT2D eigenvalue weighted by Gasteiger charge is 2.28. The topological polar surface area (TPSA) is 116 Å². The number of benzene rings is 8. The Balaban J connectivity index is 0.000000166. The molecule has 0 aliphatic rings. The fourth-order valence-electron chi connectivity index (χ4n) is 8.50. The number of hydrogen-bond donors (Lipinski definition) is 0. The molecule has 66 heavy (non-hydrogen) atoms. The average molecular weight is 877 g/mol. The van der Waals surface area contributed by atoms with Crippen LogP contribution in [0.4, 0.5) is 0 Å². The van der Waals surface area contributed by atoms with Crippen LogP contribution < -0.4 is 28.4 Å². The predicted octanol–water partition coefficient (Wildman–Crippen LogP) is 13.0. The van der Waals surface area contributed by atoms with Crippen molar-refractivity contribution in [1.82, 2.24) is 0 Å². The molecule has 10 heteroatoms. The van der Waals surface area contributed by atoms with E-state index < -0.39 is 0 Å². The number of furan rings is 2. The number of rotatable bonds is 12. The maximum atomic E-state index is 13.6. The quantitative estimate of drug-likeness (QED) is 0.110. The molecule has 0 spiro atoms. The molecule has 0 saturated carbocycles. The number of carbonyl (C=O) groups is 2. The van der Waals surface area contributed by atoms with Crippen LogP contribution in [0.1, 0.15) is 32.2 Å². The molecule has 2 heterocycles. The Hall–Kier alpha value is -8.50. The Kier molecular flexibility index (Phi) is 11.9. The van der Waals surface area contributed by atoms with Gasteiger partial charge in [0.15, 0.2) is 34.5 Å². The molecule has 0 N–H and O–H groups in total. The van der Waals surface area contributed by atoms with Crippen molar-refractivity contribution in [2.75, 3.05) is 42.7 Å². The van der Waals surface area contributed by atoms with E-state index in [1.807, 2.05) is 133 Å². The number of methoxy groups -OCH3 is 6. The largest absolute Gasteiger partial charge is 0.493 e. The highest BCUT2D eigenvalue weighted by Crippen LogP contribution is 2.48. The van der Waals surface area contributed by atoms with Gasteiger partial charge in [0.2, 0.25) is 23.1 Å². The highest BCUT2D eigenvalue weighted by atomic mass is 16.5. The third kappa shape index (κ3) is 7.58. The van der Waals surface area contributed by atoms with Gasteiger partial charge in [0.1, 0.15) is 11.2 Å². The lowest BCUT2D eigenvalue weighted by molar-refractivity contribution is 0.100. The monoisotopic (exact) mass is 876 g/mol. The molecular formula is C56H44O10. The van der Waals surface area contributed by atoms with Crippen LogP contribution in [0.25, 0.3) is 65.7 Å². The second-order valence-corrected chi connectivity index (χ2v) is 15.2. The van der Waals surface area contributed by atoms with E-state index >= 15 is 0 Å². The van der Waals surface area contributed by atoms with E-state index in [4.69, 9.17) is 37.3 Å². The molecule has 0 bridgehead atoms. The van der Waals surface area contributed by atoms with E-state index in [9.17, 15) is 9.59 Å². The number of hydrogen-bond acceptors (Lipinski definition) is 10. The summed E-state index contributed by atoms with van der Waals surface area (Å²) < 4.78 is 45.8. The molecule has 0 unspecified atom stereocenters. The molecule has 0 aliphatic heterocycles. The number of carbonyl (C=O) groups excluding carboxylic acids is 2. The van der Waals surface area contributed by atoms with Crippen molar-refractivity contribution in [1.29, 1.82) is 0 Å². The third-order valence-corrected chi connectivity index (χ3v) is 11.6. The second kappa shape index (κ2) is 18.3. The van der Waals surface area contributed by atoms with Gasteiger partial charge in [-0.3, -0.25) is 9.59 Å². The van der Waals surface area contributed by atoms with Gasteiger partial charge >= 0.3 is 0 Å². The van der Waals surface area contributed by atoms with E-state index in [1.54, 1.807) is 66.9 Å². The summed E-state index contributed by atoms with van der Waals surface area (Å²) in [5, 5.41) is 5.82. The van der Waals surface area contributed by atoms with Crippen molar-refractivity contribution in [3.8, 4) is 56.8 Å². The van der Waals surface area contributed by atoms with Crippen LogP contribution >= 0.6 is 0 Å². The van der Waals surface area contributed by atoms with E-state index in [0.717, 1.165) is 43.4 Å². The van der Waals surface area contributed by atoms with Crippen molar-refractivity contribution in [2.24, 2.45) is 0 Å². The lowest BCUT2D eigenvalue weighted by Gasteiger charge is -2.14. The first-order chi connectivity index (χ1) is 32.3. The van der Waals surface area contributed by atoms with E-state index in [2.05, 4.69) is 0 Å². The molecule has 8 aromatic carbocycles. The zero-order valence-corrected chi connectivity index (χ0v) is 37.1. The minimum Gasteiger partial charge on any atom is -0.493 e. The fraction of sp³-hybridized carbons (Fsp3) is 0.107. The standard InChI is InChI=1S/2C28H22O5/c2*1-30-22-15-19(16-23(31-2)27(22)32-3)24-25-20-12-8-7-9-17(20)13-14-21(25)33-28(24)26(29)18-10-5-4-6-11-18/h2*4-16H,1-3H3. The van der Waals surface area contributed by atoms with Gasteiger partial charge in [-0.25, -0.2) is 0 Å². The van der Waals surface area contributed by atoms with Crippen LogP contribution in [0.2, 0.25) is 0 Å². The number of fused-ring (bicyclic) bond motifs is 6. The van der Waals surface area contributed by atoms with Crippen LogP contribution in [-0.4, -0.2) is 54.2 Å². The van der Waals surface area contributed by atoms with Crippen LogP contribution in [0, 0.1) is 0 Å². The Bertz CT molecular complexity index is 3140. The van der Waals surface area contributed by atoms with Crippen LogP contribution in [0.3, 0.4) is 0 Å². The molecule has 10 aromatic rings. The molecule has 0 saturated heterocycles. The van der Waals surface area contributed by atoms with E-state index in [1.165, 1.54) is 0 Å². The first-order valence-corrected chi connectivity index (χ1v) is 21.0. The molecule has 10 nitrogen and oxygen atoms in total. The third-order valence-electron chi connectivity index (χ3n) is 11.6. The van der Waals surface area contributed by atoms with Crippen LogP contribution in [0.5, 0.6) is 34.5 Å². The summed E-state index contributed by atoms with van der Waals surface area (Å²) in [5.41, 5.74) is 5.22. The average Bonchev–Trinajstić information content (AvgIpc) is 3.98.